The number of nitrogens with two attached hydrogens (primary N) is 1. The Labute approximate surface area is 187 Å². The number of hydrogen-bond acceptors (Lipinski definition) is 4. The standard InChI is InChI=1S/C12H19F3N2O3.C7H11F3N2O/c1-11(2,3)17(10(19)20)8-4-5-9(18)16(6-8)7-12(13,14)15;8-7(9,10)4-12-3-5(11)1-2-6(12)13/h8H,4-7H2,1-3H3,(H,19,20);5H,1-4,11H2. The van der Waals surface area contributed by atoms with E-state index in [4.69, 9.17) is 5.73 Å². The van der Waals surface area contributed by atoms with Crippen molar-refractivity contribution in [2.75, 3.05) is 26.2 Å². The Morgan fingerprint density at radius 3 is 1.76 bits per heavy atom. The SMILES string of the molecule is CC(C)(C)N(C(=O)O)C1CCC(=O)N(CC(F)(F)F)C1.NC1CCC(=O)N(CC(F)(F)F)C1. The monoisotopic (exact) mass is 492 g/mol. The fraction of sp³-hybridized carbons (Fsp3) is 0.842. The zero-order valence-electron chi connectivity index (χ0n) is 18.7. The second-order valence-corrected chi connectivity index (χ2v) is 9.09. The predicted octanol–water partition coefficient (Wildman–Crippen LogP) is 2.82. The van der Waals surface area contributed by atoms with E-state index in [1.54, 1.807) is 20.8 Å². The molecule has 2 fully saturated rings. The minimum Gasteiger partial charge on any atom is -0.465 e. The van der Waals surface area contributed by atoms with Crippen LogP contribution < -0.4 is 5.73 Å². The molecule has 2 heterocycles. The summed E-state index contributed by atoms with van der Waals surface area (Å²) in [5, 5.41) is 9.25. The van der Waals surface area contributed by atoms with Crippen LogP contribution in [0.2, 0.25) is 0 Å². The average molecular weight is 492 g/mol. The topological polar surface area (TPSA) is 107 Å². The second kappa shape index (κ2) is 10.8. The van der Waals surface area contributed by atoms with E-state index in [0.29, 0.717) is 11.3 Å². The van der Waals surface area contributed by atoms with Gasteiger partial charge in [0.05, 0.1) is 6.04 Å². The minimum absolute atomic E-state index is 0.0122. The largest absolute Gasteiger partial charge is 0.465 e. The molecule has 0 aromatic heterocycles. The highest BCUT2D eigenvalue weighted by molar-refractivity contribution is 5.78. The normalized spacial score (nSPS) is 22.6. The number of rotatable bonds is 3. The first-order valence-corrected chi connectivity index (χ1v) is 10.3. The van der Waals surface area contributed by atoms with E-state index >= 15 is 0 Å². The molecule has 2 atom stereocenters. The van der Waals surface area contributed by atoms with Gasteiger partial charge in [-0.1, -0.05) is 0 Å². The van der Waals surface area contributed by atoms with Gasteiger partial charge in [0.15, 0.2) is 0 Å². The second-order valence-electron chi connectivity index (χ2n) is 9.09. The molecular weight excluding hydrogens is 462 g/mol. The molecule has 14 heteroatoms. The fourth-order valence-electron chi connectivity index (χ4n) is 3.78. The zero-order chi connectivity index (χ0) is 25.8. The summed E-state index contributed by atoms with van der Waals surface area (Å²) in [6, 6.07) is -0.937. The van der Waals surface area contributed by atoms with Gasteiger partial charge < -0.3 is 20.6 Å². The quantitative estimate of drug-likeness (QED) is 0.590. The van der Waals surface area contributed by atoms with E-state index in [2.05, 4.69) is 0 Å². The lowest BCUT2D eigenvalue weighted by Crippen LogP contribution is -2.58. The maximum absolute atomic E-state index is 12.4. The zero-order valence-corrected chi connectivity index (χ0v) is 18.7. The molecule has 0 radical (unpaired) electrons. The number of halogens is 6. The van der Waals surface area contributed by atoms with Gasteiger partial charge in [-0.05, 0) is 33.6 Å². The van der Waals surface area contributed by atoms with Crippen LogP contribution in [0.5, 0.6) is 0 Å². The highest BCUT2D eigenvalue weighted by Crippen LogP contribution is 2.27. The lowest BCUT2D eigenvalue weighted by Gasteiger charge is -2.44. The number of alkyl halides is 6. The number of hydrogen-bond donors (Lipinski definition) is 2. The van der Waals surface area contributed by atoms with Crippen LogP contribution in [0.4, 0.5) is 31.1 Å². The Bertz CT molecular complexity index is 708. The first-order valence-electron chi connectivity index (χ1n) is 10.3. The van der Waals surface area contributed by atoms with E-state index in [1.807, 2.05) is 0 Å². The van der Waals surface area contributed by atoms with Gasteiger partial charge in [-0.2, -0.15) is 26.3 Å². The summed E-state index contributed by atoms with van der Waals surface area (Å²) in [5.74, 6) is -1.04. The summed E-state index contributed by atoms with van der Waals surface area (Å²) in [6.45, 7) is 2.29. The maximum atomic E-state index is 12.4. The van der Waals surface area contributed by atoms with Crippen molar-refractivity contribution in [2.45, 2.75) is 76.4 Å². The van der Waals surface area contributed by atoms with Crippen molar-refractivity contribution in [3.8, 4) is 0 Å². The van der Waals surface area contributed by atoms with E-state index in [0.717, 1.165) is 9.80 Å². The van der Waals surface area contributed by atoms with Crippen LogP contribution in [0.25, 0.3) is 0 Å². The molecule has 2 saturated heterocycles. The van der Waals surface area contributed by atoms with Crippen molar-refractivity contribution in [1.82, 2.24) is 14.7 Å². The fourth-order valence-corrected chi connectivity index (χ4v) is 3.78. The summed E-state index contributed by atoms with van der Waals surface area (Å²) in [6.07, 6.45) is -9.22. The van der Waals surface area contributed by atoms with Gasteiger partial charge in [0.2, 0.25) is 11.8 Å². The number of nitrogens with zero attached hydrogens (tertiary/aromatic N) is 3. The average Bonchev–Trinajstić information content (AvgIpc) is 2.57. The molecule has 0 aromatic carbocycles. The maximum Gasteiger partial charge on any atom is 0.408 e. The number of piperidine rings is 2. The third kappa shape index (κ3) is 10.0. The molecule has 2 aliphatic heterocycles. The van der Waals surface area contributed by atoms with Gasteiger partial charge >= 0.3 is 18.4 Å². The third-order valence-corrected chi connectivity index (χ3v) is 5.05. The number of carbonyl (C=O) groups excluding carboxylic acids is 2. The van der Waals surface area contributed by atoms with Crippen LogP contribution in [0, 0.1) is 0 Å². The van der Waals surface area contributed by atoms with Crippen molar-refractivity contribution >= 4 is 17.9 Å². The molecule has 192 valence electrons. The molecule has 2 aliphatic rings. The van der Waals surface area contributed by atoms with Crippen molar-refractivity contribution in [3.63, 3.8) is 0 Å². The van der Waals surface area contributed by atoms with Gasteiger partial charge in [-0.15, -0.1) is 0 Å². The Balaban J connectivity index is 0.000000361. The van der Waals surface area contributed by atoms with Gasteiger partial charge in [0, 0.05) is 37.5 Å². The molecule has 2 rings (SSSR count). The number of carbonyl (C=O) groups is 3. The van der Waals surface area contributed by atoms with Crippen LogP contribution >= 0.6 is 0 Å². The Morgan fingerprint density at radius 1 is 0.939 bits per heavy atom. The summed E-state index contributed by atoms with van der Waals surface area (Å²) in [5.41, 5.74) is 4.71. The summed E-state index contributed by atoms with van der Waals surface area (Å²) in [7, 11) is 0. The number of carboxylic acid groups (broad SMARTS) is 1. The highest BCUT2D eigenvalue weighted by Gasteiger charge is 2.41. The molecule has 3 N–H and O–H groups in total. The number of amides is 3. The Hall–Kier alpha value is -2.25. The van der Waals surface area contributed by atoms with Crippen LogP contribution in [-0.2, 0) is 9.59 Å². The summed E-state index contributed by atoms with van der Waals surface area (Å²) in [4.78, 5) is 36.4. The molecule has 0 bridgehead atoms. The van der Waals surface area contributed by atoms with E-state index < -0.39 is 54.9 Å². The van der Waals surface area contributed by atoms with Crippen molar-refractivity contribution in [2.24, 2.45) is 5.73 Å². The molecule has 0 spiro atoms. The van der Waals surface area contributed by atoms with E-state index in [-0.39, 0.29) is 38.4 Å². The lowest BCUT2D eigenvalue weighted by atomic mass is 9.97. The molecule has 0 aromatic rings. The molecular formula is C19H30F6N4O4. The van der Waals surface area contributed by atoms with E-state index in [1.165, 1.54) is 0 Å². The first kappa shape index (κ1) is 28.8. The lowest BCUT2D eigenvalue weighted by molar-refractivity contribution is -0.166. The molecule has 33 heavy (non-hydrogen) atoms. The van der Waals surface area contributed by atoms with Crippen LogP contribution in [0.3, 0.4) is 0 Å². The van der Waals surface area contributed by atoms with Gasteiger partial charge in [0.1, 0.15) is 13.1 Å². The van der Waals surface area contributed by atoms with Gasteiger partial charge in [0.25, 0.3) is 0 Å². The number of likely N-dealkylation sites (tertiary alicyclic amines) is 2. The van der Waals surface area contributed by atoms with Crippen LogP contribution in [-0.4, -0.2) is 93.9 Å². The minimum atomic E-state index is -4.48. The van der Waals surface area contributed by atoms with Gasteiger partial charge in [-0.25, -0.2) is 4.79 Å². The molecule has 8 nitrogen and oxygen atoms in total. The van der Waals surface area contributed by atoms with Crippen LogP contribution in [0.15, 0.2) is 0 Å². The predicted molar refractivity (Wildman–Crippen MR) is 105 cm³/mol. The summed E-state index contributed by atoms with van der Waals surface area (Å²) >= 11 is 0. The first-order chi connectivity index (χ1) is 14.8. The summed E-state index contributed by atoms with van der Waals surface area (Å²) < 4.78 is 72.9. The van der Waals surface area contributed by atoms with Crippen LogP contribution in [0.1, 0.15) is 46.5 Å². The highest BCUT2D eigenvalue weighted by atomic mass is 19.4. The van der Waals surface area contributed by atoms with Crippen molar-refractivity contribution < 1.29 is 45.8 Å². The molecule has 0 saturated carbocycles. The molecule has 0 aliphatic carbocycles. The third-order valence-electron chi connectivity index (χ3n) is 5.05. The van der Waals surface area contributed by atoms with Crippen molar-refractivity contribution in [1.29, 1.82) is 0 Å². The Morgan fingerprint density at radius 2 is 1.36 bits per heavy atom. The molecule has 2 unspecified atom stereocenters. The van der Waals surface area contributed by atoms with Gasteiger partial charge in [-0.3, -0.25) is 14.5 Å². The smallest absolute Gasteiger partial charge is 0.408 e. The van der Waals surface area contributed by atoms with Crippen molar-refractivity contribution in [3.05, 3.63) is 0 Å². The van der Waals surface area contributed by atoms with E-state index in [9.17, 15) is 45.8 Å². The molecule has 3 amide bonds. The Kier molecular flexibility index (Phi) is 9.41.